The lowest BCUT2D eigenvalue weighted by atomic mass is 10.1. The van der Waals surface area contributed by atoms with Gasteiger partial charge >= 0.3 is 0 Å². The lowest BCUT2D eigenvalue weighted by molar-refractivity contribution is -0.119. The number of amides is 1. The van der Waals surface area contributed by atoms with Gasteiger partial charge < -0.3 is 14.8 Å². The van der Waals surface area contributed by atoms with Gasteiger partial charge in [0.2, 0.25) is 5.91 Å². The summed E-state index contributed by atoms with van der Waals surface area (Å²) >= 11 is 6.23. The maximum atomic E-state index is 13.2. The normalized spacial score (nSPS) is 18.4. The number of amidine groups is 1. The van der Waals surface area contributed by atoms with Gasteiger partial charge in [-0.05, 0) is 42.7 Å². The highest BCUT2D eigenvalue weighted by atomic mass is 35.5. The second kappa shape index (κ2) is 8.73. The molecular weight excluding hydrogens is 476 g/mol. The van der Waals surface area contributed by atoms with E-state index in [1.807, 2.05) is 18.2 Å². The molecule has 8 nitrogen and oxygen atoms in total. The van der Waals surface area contributed by atoms with Crippen molar-refractivity contribution >= 4 is 39.1 Å². The predicted molar refractivity (Wildman–Crippen MR) is 130 cm³/mol. The number of benzene rings is 2. The number of sulfonamides is 1. The molecule has 1 atom stereocenters. The molecule has 0 radical (unpaired) electrons. The van der Waals surface area contributed by atoms with Crippen LogP contribution >= 0.6 is 11.6 Å². The lowest BCUT2D eigenvalue weighted by Gasteiger charge is -2.25. The monoisotopic (exact) mass is 496 g/mol. The third-order valence-corrected chi connectivity index (χ3v) is 7.68. The van der Waals surface area contributed by atoms with E-state index in [1.54, 1.807) is 41.4 Å². The van der Waals surface area contributed by atoms with Crippen LogP contribution in [0.3, 0.4) is 0 Å². The zero-order chi connectivity index (χ0) is 23.9. The summed E-state index contributed by atoms with van der Waals surface area (Å²) < 4.78 is 30.4. The maximum absolute atomic E-state index is 13.2. The summed E-state index contributed by atoms with van der Waals surface area (Å²) in [6, 6.07) is 16.3. The molecule has 0 saturated carbocycles. The number of pyridine rings is 1. The molecule has 0 bridgehead atoms. The Morgan fingerprint density at radius 2 is 1.85 bits per heavy atom. The second-order valence-corrected chi connectivity index (χ2v) is 10.2. The Labute approximate surface area is 201 Å². The molecule has 0 spiro atoms. The number of hydrogen-bond acceptors (Lipinski definition) is 5. The van der Waals surface area contributed by atoms with Gasteiger partial charge in [-0.1, -0.05) is 41.9 Å². The highest BCUT2D eigenvalue weighted by molar-refractivity contribution is 7.90. The molecule has 1 amide bonds. The number of carbonyl (C=O) groups is 1. The van der Waals surface area contributed by atoms with Crippen LogP contribution in [0.1, 0.15) is 24.0 Å². The average Bonchev–Trinajstić information content (AvgIpc) is 3.40. The number of aromatic nitrogens is 1. The van der Waals surface area contributed by atoms with Crippen LogP contribution in [0.5, 0.6) is 0 Å². The molecule has 1 aromatic heterocycles. The Hall–Kier alpha value is -3.43. The van der Waals surface area contributed by atoms with Crippen molar-refractivity contribution < 1.29 is 13.2 Å². The molecule has 3 heterocycles. The van der Waals surface area contributed by atoms with Gasteiger partial charge in [-0.15, -0.1) is 4.40 Å². The fourth-order valence-electron chi connectivity index (χ4n) is 4.35. The van der Waals surface area contributed by atoms with Gasteiger partial charge in [0.25, 0.3) is 15.6 Å². The molecule has 1 saturated heterocycles. The van der Waals surface area contributed by atoms with Gasteiger partial charge in [-0.25, -0.2) is 0 Å². The van der Waals surface area contributed by atoms with Crippen LogP contribution in [0, 0.1) is 0 Å². The van der Waals surface area contributed by atoms with E-state index in [2.05, 4.69) is 9.71 Å². The quantitative estimate of drug-likeness (QED) is 0.598. The van der Waals surface area contributed by atoms with Crippen molar-refractivity contribution in [3.63, 3.8) is 0 Å². The number of fused-ring (bicyclic) bond motifs is 1. The van der Waals surface area contributed by atoms with Crippen molar-refractivity contribution in [2.45, 2.75) is 30.3 Å². The number of hydrogen-bond donors (Lipinski definition) is 1. The molecule has 34 heavy (non-hydrogen) atoms. The first-order valence-electron chi connectivity index (χ1n) is 10.8. The molecule has 1 N–H and O–H groups in total. The summed E-state index contributed by atoms with van der Waals surface area (Å²) in [4.78, 5) is 27.5. The fourth-order valence-corrected chi connectivity index (χ4v) is 5.77. The Kier molecular flexibility index (Phi) is 5.75. The summed E-state index contributed by atoms with van der Waals surface area (Å²) in [5.74, 6) is 0.0156. The summed E-state index contributed by atoms with van der Waals surface area (Å²) in [5.41, 5.74) is 1.54. The zero-order valence-corrected chi connectivity index (χ0v) is 19.6. The Bertz CT molecular complexity index is 1480. The van der Waals surface area contributed by atoms with Crippen molar-refractivity contribution in [1.29, 1.82) is 0 Å². The van der Waals surface area contributed by atoms with Gasteiger partial charge in [-0.2, -0.15) is 8.42 Å². The van der Waals surface area contributed by atoms with Crippen molar-refractivity contribution in [1.82, 2.24) is 9.47 Å². The van der Waals surface area contributed by atoms with E-state index in [9.17, 15) is 18.0 Å². The van der Waals surface area contributed by atoms with E-state index in [0.717, 1.165) is 12.0 Å². The molecule has 2 aliphatic heterocycles. The SMILES string of the molecule is O=C(Nc1ccc(=O)n(Cc2ccccc2Cl)c1)[C@@H]1CCCN1C1=NS(=O)(=O)c2ccccc21. The predicted octanol–water partition coefficient (Wildman–Crippen LogP) is 3.10. The van der Waals surface area contributed by atoms with E-state index in [1.165, 1.54) is 16.7 Å². The fraction of sp³-hybridized carbons (Fsp3) is 0.208. The summed E-state index contributed by atoms with van der Waals surface area (Å²) in [7, 11) is -3.78. The standard InChI is InChI=1S/C24H21ClN4O4S/c25-19-8-3-1-6-16(19)14-28-15-17(11-12-22(28)30)26-24(31)20-9-5-13-29(20)23-18-7-2-4-10-21(18)34(32,33)27-23/h1-4,6-8,10-12,15,20H,5,9,13-14H2,(H,26,31)/t20-/m0/s1. The Balaban J connectivity index is 1.38. The summed E-state index contributed by atoms with van der Waals surface area (Å²) in [5, 5.41) is 3.43. The second-order valence-electron chi connectivity index (χ2n) is 8.20. The highest BCUT2D eigenvalue weighted by Gasteiger charge is 2.39. The highest BCUT2D eigenvalue weighted by Crippen LogP contribution is 2.31. The van der Waals surface area contributed by atoms with Crippen LogP contribution in [-0.4, -0.2) is 42.2 Å². The van der Waals surface area contributed by atoms with Crippen LogP contribution in [0.4, 0.5) is 5.69 Å². The Morgan fingerprint density at radius 1 is 1.09 bits per heavy atom. The van der Waals surface area contributed by atoms with Crippen LogP contribution in [0.2, 0.25) is 5.02 Å². The van der Waals surface area contributed by atoms with E-state index in [4.69, 9.17) is 11.6 Å². The lowest BCUT2D eigenvalue weighted by Crippen LogP contribution is -2.43. The van der Waals surface area contributed by atoms with Gasteiger partial charge in [0.15, 0.2) is 5.84 Å². The molecule has 2 aliphatic rings. The van der Waals surface area contributed by atoms with E-state index in [0.29, 0.717) is 35.1 Å². The van der Waals surface area contributed by atoms with E-state index < -0.39 is 16.1 Å². The number of likely N-dealkylation sites (tertiary alicyclic amines) is 1. The van der Waals surface area contributed by atoms with Gasteiger partial charge in [0.05, 0.1) is 12.2 Å². The van der Waals surface area contributed by atoms with Crippen molar-refractivity contribution in [2.75, 3.05) is 11.9 Å². The largest absolute Gasteiger partial charge is 0.343 e. The molecule has 0 unspecified atom stereocenters. The van der Waals surface area contributed by atoms with Crippen LogP contribution in [0.25, 0.3) is 0 Å². The molecule has 10 heteroatoms. The molecule has 1 fully saturated rings. The van der Waals surface area contributed by atoms with Crippen molar-refractivity contribution in [2.24, 2.45) is 4.40 Å². The van der Waals surface area contributed by atoms with Gasteiger partial charge in [0.1, 0.15) is 10.9 Å². The molecular formula is C24H21ClN4O4S. The smallest absolute Gasteiger partial charge is 0.285 e. The van der Waals surface area contributed by atoms with E-state index in [-0.39, 0.29) is 22.9 Å². The molecule has 3 aromatic rings. The van der Waals surface area contributed by atoms with Crippen molar-refractivity contribution in [3.05, 3.63) is 93.4 Å². The molecule has 2 aromatic carbocycles. The maximum Gasteiger partial charge on any atom is 0.285 e. The summed E-state index contributed by atoms with van der Waals surface area (Å²) in [6.45, 7) is 0.788. The van der Waals surface area contributed by atoms with Crippen LogP contribution in [-0.2, 0) is 21.4 Å². The molecule has 0 aliphatic carbocycles. The molecule has 5 rings (SSSR count). The zero-order valence-electron chi connectivity index (χ0n) is 18.0. The molecule has 174 valence electrons. The van der Waals surface area contributed by atoms with Gasteiger partial charge in [-0.3, -0.25) is 9.59 Å². The number of carbonyl (C=O) groups excluding carboxylic acids is 1. The topological polar surface area (TPSA) is 101 Å². The minimum Gasteiger partial charge on any atom is -0.343 e. The third kappa shape index (κ3) is 4.12. The first kappa shape index (κ1) is 22.4. The summed E-state index contributed by atoms with van der Waals surface area (Å²) in [6.07, 6.45) is 2.87. The number of halogens is 1. The van der Waals surface area contributed by atoms with Crippen LogP contribution < -0.4 is 10.9 Å². The first-order valence-corrected chi connectivity index (χ1v) is 12.6. The van der Waals surface area contributed by atoms with Crippen molar-refractivity contribution in [3.8, 4) is 0 Å². The minimum absolute atomic E-state index is 0.155. The first-order chi connectivity index (χ1) is 16.3. The number of rotatable bonds is 4. The Morgan fingerprint density at radius 3 is 2.68 bits per heavy atom. The van der Waals surface area contributed by atoms with E-state index >= 15 is 0 Å². The number of anilines is 1. The third-order valence-electron chi connectivity index (χ3n) is 5.99. The minimum atomic E-state index is -3.78. The number of nitrogens with one attached hydrogen (secondary N) is 1. The number of nitrogens with zero attached hydrogens (tertiary/aromatic N) is 3. The van der Waals surface area contributed by atoms with Gasteiger partial charge in [0, 0.05) is 29.4 Å². The van der Waals surface area contributed by atoms with Crippen LogP contribution in [0.15, 0.2) is 80.9 Å². The average molecular weight is 497 g/mol.